The van der Waals surface area contributed by atoms with Crippen molar-refractivity contribution in [3.05, 3.63) is 12.2 Å². The molecule has 0 bridgehead atoms. The normalized spacial score (nSPS) is 18.4. The highest BCUT2D eigenvalue weighted by atomic mass is 16.4. The molecule has 0 spiro atoms. The first-order chi connectivity index (χ1) is 5.50. The first-order valence-corrected chi connectivity index (χ1v) is 3.81. The second-order valence-electron chi connectivity index (χ2n) is 2.86. The minimum atomic E-state index is -1.27. The molecule has 0 amide bonds. The molecule has 72 valence electrons. The maximum Gasteiger partial charge on any atom is 0.110 e. The number of hydrogen-bond donors (Lipinski definition) is 4. The molecule has 0 heterocycles. The van der Waals surface area contributed by atoms with Gasteiger partial charge in [0.15, 0.2) is 0 Å². The quantitative estimate of drug-likeness (QED) is 0.406. The van der Waals surface area contributed by atoms with E-state index >= 15 is 0 Å². The highest BCUT2D eigenvalue weighted by Crippen LogP contribution is 2.09. The van der Waals surface area contributed by atoms with Gasteiger partial charge >= 0.3 is 0 Å². The maximum atomic E-state index is 9.22. The van der Waals surface area contributed by atoms with Crippen LogP contribution in [0.2, 0.25) is 0 Å². The lowest BCUT2D eigenvalue weighted by molar-refractivity contribution is -0.0523. The third-order valence-electron chi connectivity index (χ3n) is 1.65. The molecule has 0 saturated carbocycles. The van der Waals surface area contributed by atoms with Crippen LogP contribution >= 0.6 is 0 Å². The molecule has 0 rings (SSSR count). The summed E-state index contributed by atoms with van der Waals surface area (Å²) in [6.07, 6.45) is -3.46. The van der Waals surface area contributed by atoms with Gasteiger partial charge in [-0.15, -0.1) is 0 Å². The van der Waals surface area contributed by atoms with E-state index in [9.17, 15) is 10.2 Å². The molecule has 0 aromatic heterocycles. The third-order valence-corrected chi connectivity index (χ3v) is 1.65. The van der Waals surface area contributed by atoms with Gasteiger partial charge in [0.05, 0.1) is 6.10 Å². The lowest BCUT2D eigenvalue weighted by atomic mass is 10.0. The van der Waals surface area contributed by atoms with Gasteiger partial charge in [0.1, 0.15) is 12.2 Å². The molecule has 0 radical (unpaired) electrons. The molecule has 4 nitrogen and oxygen atoms in total. The van der Waals surface area contributed by atoms with E-state index in [2.05, 4.69) is 6.58 Å². The van der Waals surface area contributed by atoms with E-state index in [-0.39, 0.29) is 13.0 Å². The van der Waals surface area contributed by atoms with E-state index in [0.717, 1.165) is 0 Å². The Hall–Kier alpha value is -0.420. The lowest BCUT2D eigenvalue weighted by Crippen LogP contribution is -2.38. The van der Waals surface area contributed by atoms with Crippen molar-refractivity contribution >= 4 is 0 Å². The van der Waals surface area contributed by atoms with Crippen LogP contribution in [0.3, 0.4) is 0 Å². The van der Waals surface area contributed by atoms with Crippen LogP contribution in [0.4, 0.5) is 0 Å². The Morgan fingerprint density at radius 2 is 1.83 bits per heavy atom. The molecule has 4 N–H and O–H groups in total. The molecule has 0 aliphatic carbocycles. The van der Waals surface area contributed by atoms with E-state index in [4.69, 9.17) is 10.2 Å². The van der Waals surface area contributed by atoms with E-state index in [0.29, 0.717) is 5.57 Å². The van der Waals surface area contributed by atoms with Crippen molar-refractivity contribution in [2.45, 2.75) is 31.7 Å². The molecular formula is C8H16O4. The van der Waals surface area contributed by atoms with Crippen molar-refractivity contribution in [1.29, 1.82) is 0 Å². The fourth-order valence-corrected chi connectivity index (χ4v) is 0.805. The van der Waals surface area contributed by atoms with Crippen LogP contribution in [0, 0.1) is 0 Å². The molecular weight excluding hydrogens is 160 g/mol. The van der Waals surface area contributed by atoms with Crippen LogP contribution in [0.1, 0.15) is 13.3 Å². The Bertz CT molecular complexity index is 146. The third kappa shape index (κ3) is 3.32. The van der Waals surface area contributed by atoms with E-state index in [1.54, 1.807) is 6.92 Å². The number of hydrogen-bond acceptors (Lipinski definition) is 4. The molecule has 4 heteroatoms. The topological polar surface area (TPSA) is 80.9 Å². The first kappa shape index (κ1) is 11.6. The van der Waals surface area contributed by atoms with Gasteiger partial charge in [-0.05, 0) is 18.9 Å². The van der Waals surface area contributed by atoms with Gasteiger partial charge in [-0.2, -0.15) is 0 Å². The van der Waals surface area contributed by atoms with E-state index in [1.165, 1.54) is 0 Å². The van der Waals surface area contributed by atoms with Gasteiger partial charge in [-0.1, -0.05) is 6.58 Å². The van der Waals surface area contributed by atoms with Crippen LogP contribution in [0.5, 0.6) is 0 Å². The maximum absolute atomic E-state index is 9.22. The zero-order valence-electron chi connectivity index (χ0n) is 7.14. The highest BCUT2D eigenvalue weighted by Gasteiger charge is 2.24. The molecule has 0 aliphatic heterocycles. The number of aliphatic hydroxyl groups excluding tert-OH is 4. The predicted octanol–water partition coefficient (Wildman–Crippen LogP) is -0.972. The van der Waals surface area contributed by atoms with Gasteiger partial charge in [0.2, 0.25) is 0 Å². The van der Waals surface area contributed by atoms with Crippen molar-refractivity contribution in [3.8, 4) is 0 Å². The van der Waals surface area contributed by atoms with Crippen LogP contribution in [-0.2, 0) is 0 Å². The summed E-state index contributed by atoms with van der Waals surface area (Å²) in [5.74, 6) is 0. The van der Waals surface area contributed by atoms with Crippen molar-refractivity contribution in [1.82, 2.24) is 0 Å². The average molecular weight is 176 g/mol. The minimum Gasteiger partial charge on any atom is -0.396 e. The van der Waals surface area contributed by atoms with Crippen molar-refractivity contribution < 1.29 is 20.4 Å². The van der Waals surface area contributed by atoms with Crippen LogP contribution in [-0.4, -0.2) is 45.3 Å². The van der Waals surface area contributed by atoms with Crippen molar-refractivity contribution in [2.24, 2.45) is 0 Å². The van der Waals surface area contributed by atoms with Gasteiger partial charge < -0.3 is 20.4 Å². The van der Waals surface area contributed by atoms with Crippen molar-refractivity contribution in [2.75, 3.05) is 6.61 Å². The zero-order valence-corrected chi connectivity index (χ0v) is 7.14. The average Bonchev–Trinajstić information content (AvgIpc) is 2.02. The Kier molecular flexibility index (Phi) is 5.08. The molecule has 0 aliphatic rings. The highest BCUT2D eigenvalue weighted by molar-refractivity contribution is 5.01. The molecule has 3 unspecified atom stereocenters. The molecule has 12 heavy (non-hydrogen) atoms. The SMILES string of the molecule is C=C(C)C(O)C(O)C(O)CCO. The lowest BCUT2D eigenvalue weighted by Gasteiger charge is -2.22. The van der Waals surface area contributed by atoms with Crippen LogP contribution < -0.4 is 0 Å². The number of aliphatic hydroxyl groups is 4. The monoisotopic (exact) mass is 176 g/mol. The summed E-state index contributed by atoms with van der Waals surface area (Å²) >= 11 is 0. The smallest absolute Gasteiger partial charge is 0.110 e. The molecule has 3 atom stereocenters. The van der Waals surface area contributed by atoms with Gasteiger partial charge in [0.25, 0.3) is 0 Å². The fourth-order valence-electron chi connectivity index (χ4n) is 0.805. The Labute approximate surface area is 71.8 Å². The summed E-state index contributed by atoms with van der Waals surface area (Å²) in [7, 11) is 0. The fraction of sp³-hybridized carbons (Fsp3) is 0.750. The summed E-state index contributed by atoms with van der Waals surface area (Å²) in [6.45, 7) is 4.77. The Morgan fingerprint density at radius 1 is 1.33 bits per heavy atom. The van der Waals surface area contributed by atoms with Gasteiger partial charge in [0, 0.05) is 6.61 Å². The summed E-state index contributed by atoms with van der Waals surface area (Å²) in [4.78, 5) is 0. The standard InChI is InChI=1S/C8H16O4/c1-5(2)7(11)8(12)6(10)3-4-9/h6-12H,1,3-4H2,2H3. The van der Waals surface area contributed by atoms with Crippen molar-refractivity contribution in [3.63, 3.8) is 0 Å². The summed E-state index contributed by atoms with van der Waals surface area (Å²) in [5.41, 5.74) is 0.388. The van der Waals surface area contributed by atoms with Gasteiger partial charge in [-0.25, -0.2) is 0 Å². The van der Waals surface area contributed by atoms with Crippen LogP contribution in [0.25, 0.3) is 0 Å². The second-order valence-corrected chi connectivity index (χ2v) is 2.86. The summed E-state index contributed by atoms with van der Waals surface area (Å²) in [5, 5.41) is 36.0. The Morgan fingerprint density at radius 3 is 2.17 bits per heavy atom. The molecule has 0 saturated heterocycles. The molecule has 0 fully saturated rings. The van der Waals surface area contributed by atoms with Crippen LogP contribution in [0.15, 0.2) is 12.2 Å². The zero-order chi connectivity index (χ0) is 9.72. The summed E-state index contributed by atoms with van der Waals surface area (Å²) < 4.78 is 0. The predicted molar refractivity (Wildman–Crippen MR) is 44.5 cm³/mol. The second kappa shape index (κ2) is 5.27. The van der Waals surface area contributed by atoms with Gasteiger partial charge in [-0.3, -0.25) is 0 Å². The summed E-state index contributed by atoms with van der Waals surface area (Å²) in [6, 6.07) is 0. The largest absolute Gasteiger partial charge is 0.396 e. The first-order valence-electron chi connectivity index (χ1n) is 3.81. The number of rotatable bonds is 5. The Balaban J connectivity index is 3.99. The molecule has 0 aromatic carbocycles. The molecule has 0 aromatic rings. The minimum absolute atomic E-state index is 0.0471. The van der Waals surface area contributed by atoms with E-state index in [1.807, 2.05) is 0 Å². The van der Waals surface area contributed by atoms with E-state index < -0.39 is 18.3 Å².